The average molecular weight is 276 g/mol. The van der Waals surface area contributed by atoms with E-state index >= 15 is 0 Å². The van der Waals surface area contributed by atoms with Crippen LogP contribution in [0, 0.1) is 29.1 Å². The quantitative estimate of drug-likeness (QED) is 0.344. The summed E-state index contributed by atoms with van der Waals surface area (Å²) >= 11 is 0. The molecule has 0 aliphatic heterocycles. The number of ether oxygens (including phenoxy) is 2. The molecule has 0 unspecified atom stereocenters. The van der Waals surface area contributed by atoms with Crippen molar-refractivity contribution in [2.75, 3.05) is 13.9 Å². The van der Waals surface area contributed by atoms with Crippen LogP contribution in [-0.4, -0.2) is 26.3 Å². The predicted molar refractivity (Wildman–Crippen MR) is 77.9 cm³/mol. The summed E-state index contributed by atoms with van der Waals surface area (Å²) in [6.07, 6.45) is 7.40. The lowest BCUT2D eigenvalue weighted by atomic mass is 9.61. The predicted octanol–water partition coefficient (Wildman–Crippen LogP) is 2.95. The third-order valence-electron chi connectivity index (χ3n) is 4.67. The molecule has 0 aromatic carbocycles. The van der Waals surface area contributed by atoms with Crippen molar-refractivity contribution < 1.29 is 14.3 Å². The van der Waals surface area contributed by atoms with Crippen LogP contribution in [0.2, 0.25) is 0 Å². The molecule has 0 saturated heterocycles. The van der Waals surface area contributed by atoms with Crippen LogP contribution in [0.5, 0.6) is 0 Å². The molecule has 0 N–H and O–H groups in total. The summed E-state index contributed by atoms with van der Waals surface area (Å²) in [5.41, 5.74) is 1.69. The summed E-state index contributed by atoms with van der Waals surface area (Å²) in [5, 5.41) is 0. The average Bonchev–Trinajstić information content (AvgIpc) is 2.42. The van der Waals surface area contributed by atoms with Crippen molar-refractivity contribution in [2.45, 2.75) is 45.6 Å². The number of hydrogen-bond donors (Lipinski definition) is 0. The molecule has 0 aromatic heterocycles. The summed E-state index contributed by atoms with van der Waals surface area (Å²) in [6.45, 7) is 4.96. The van der Waals surface area contributed by atoms with Crippen LogP contribution in [0.3, 0.4) is 0 Å². The Morgan fingerprint density at radius 3 is 2.95 bits per heavy atom. The smallest absolute Gasteiger partial charge is 0.192 e. The van der Waals surface area contributed by atoms with Crippen LogP contribution in [-0.2, 0) is 14.3 Å². The number of carbonyl (C=O) groups excluding carboxylic acids is 1. The highest BCUT2D eigenvalue weighted by molar-refractivity contribution is 5.72. The Morgan fingerprint density at radius 1 is 1.45 bits per heavy atom. The fourth-order valence-electron chi connectivity index (χ4n) is 3.62. The van der Waals surface area contributed by atoms with Crippen molar-refractivity contribution in [3.05, 3.63) is 11.6 Å². The van der Waals surface area contributed by atoms with E-state index in [2.05, 4.69) is 31.8 Å². The molecule has 0 bridgehead atoms. The van der Waals surface area contributed by atoms with Gasteiger partial charge < -0.3 is 9.47 Å². The van der Waals surface area contributed by atoms with Gasteiger partial charge in [0.2, 0.25) is 0 Å². The third-order valence-corrected chi connectivity index (χ3v) is 4.67. The van der Waals surface area contributed by atoms with Gasteiger partial charge in [0.25, 0.3) is 0 Å². The number of fused-ring (bicyclic) bond motifs is 1. The molecule has 2 aliphatic carbocycles. The maximum Gasteiger partial charge on any atom is 0.192 e. The molecule has 1 saturated carbocycles. The lowest BCUT2D eigenvalue weighted by Crippen LogP contribution is -2.41. The summed E-state index contributed by atoms with van der Waals surface area (Å²) < 4.78 is 11.0. The Morgan fingerprint density at radius 2 is 2.25 bits per heavy atom. The molecule has 2 aliphatic rings. The normalized spacial score (nSPS) is 31.6. The molecule has 3 atom stereocenters. The molecule has 20 heavy (non-hydrogen) atoms. The van der Waals surface area contributed by atoms with Crippen molar-refractivity contribution in [3.63, 3.8) is 0 Å². The summed E-state index contributed by atoms with van der Waals surface area (Å²) in [6, 6.07) is 0. The van der Waals surface area contributed by atoms with E-state index in [1.54, 1.807) is 7.11 Å². The molecule has 2 rings (SSSR count). The van der Waals surface area contributed by atoms with Gasteiger partial charge in [0.15, 0.2) is 6.29 Å². The molecular weight excluding hydrogens is 252 g/mol. The Kier molecular flexibility index (Phi) is 5.01. The Bertz CT molecular complexity index is 439. The van der Waals surface area contributed by atoms with Crippen molar-refractivity contribution in [2.24, 2.45) is 17.3 Å². The molecular formula is C17H24O3. The number of carbonyl (C=O) groups is 1. The van der Waals surface area contributed by atoms with Gasteiger partial charge in [-0.1, -0.05) is 25.8 Å². The topological polar surface area (TPSA) is 35.5 Å². The van der Waals surface area contributed by atoms with E-state index in [-0.39, 0.29) is 18.8 Å². The van der Waals surface area contributed by atoms with E-state index in [1.165, 1.54) is 12.0 Å². The van der Waals surface area contributed by atoms with Gasteiger partial charge in [0.05, 0.1) is 12.0 Å². The van der Waals surface area contributed by atoms with Gasteiger partial charge in [-0.3, -0.25) is 4.79 Å². The number of rotatable bonds is 3. The molecule has 3 heteroatoms. The van der Waals surface area contributed by atoms with Gasteiger partial charge in [-0.05, 0) is 48.5 Å². The molecule has 0 aromatic rings. The van der Waals surface area contributed by atoms with E-state index in [1.807, 2.05) is 0 Å². The van der Waals surface area contributed by atoms with Gasteiger partial charge in [-0.25, -0.2) is 0 Å². The van der Waals surface area contributed by atoms with Gasteiger partial charge in [0.1, 0.15) is 6.79 Å². The van der Waals surface area contributed by atoms with Crippen molar-refractivity contribution in [1.29, 1.82) is 0 Å². The first-order chi connectivity index (χ1) is 9.60. The van der Waals surface area contributed by atoms with Crippen LogP contribution in [0.4, 0.5) is 0 Å². The van der Waals surface area contributed by atoms with Crippen molar-refractivity contribution >= 4 is 6.29 Å². The Hall–Kier alpha value is -1.11. The number of hydrogen-bond acceptors (Lipinski definition) is 3. The minimum absolute atomic E-state index is 0.0271. The van der Waals surface area contributed by atoms with Gasteiger partial charge in [-0.2, -0.15) is 0 Å². The summed E-state index contributed by atoms with van der Waals surface area (Å²) in [5.74, 6) is 6.28. The first kappa shape index (κ1) is 15.3. The zero-order valence-corrected chi connectivity index (χ0v) is 12.6. The van der Waals surface area contributed by atoms with E-state index in [9.17, 15) is 4.79 Å². The van der Waals surface area contributed by atoms with Crippen molar-refractivity contribution in [3.8, 4) is 11.8 Å². The molecule has 0 heterocycles. The molecule has 110 valence electrons. The number of aldehydes is 1. The maximum absolute atomic E-state index is 10.5. The van der Waals surface area contributed by atoms with E-state index < -0.39 is 0 Å². The Labute approximate surface area is 121 Å². The van der Waals surface area contributed by atoms with Gasteiger partial charge >= 0.3 is 0 Å². The van der Waals surface area contributed by atoms with Gasteiger partial charge in [0, 0.05) is 7.11 Å². The minimum Gasteiger partial charge on any atom is -0.359 e. The molecule has 3 nitrogen and oxygen atoms in total. The van der Waals surface area contributed by atoms with E-state index in [0.717, 1.165) is 19.3 Å². The van der Waals surface area contributed by atoms with Crippen LogP contribution < -0.4 is 0 Å². The van der Waals surface area contributed by atoms with Crippen LogP contribution >= 0.6 is 0 Å². The Balaban J connectivity index is 2.25. The van der Waals surface area contributed by atoms with Gasteiger partial charge in [-0.15, -0.1) is 0 Å². The fourth-order valence-corrected chi connectivity index (χ4v) is 3.62. The highest BCUT2D eigenvalue weighted by Crippen LogP contribution is 2.49. The number of methoxy groups -OCH3 is 1. The van der Waals surface area contributed by atoms with Crippen LogP contribution in [0.15, 0.2) is 11.6 Å². The number of allylic oxidation sites excluding steroid dienone is 1. The maximum atomic E-state index is 10.5. The second kappa shape index (κ2) is 6.56. The first-order valence-electron chi connectivity index (χ1n) is 7.35. The summed E-state index contributed by atoms with van der Waals surface area (Å²) in [4.78, 5) is 10.5. The van der Waals surface area contributed by atoms with E-state index in [4.69, 9.17) is 9.47 Å². The lowest BCUT2D eigenvalue weighted by Gasteiger charge is -2.46. The largest absolute Gasteiger partial charge is 0.359 e. The molecule has 1 fully saturated rings. The second-order valence-electron chi connectivity index (χ2n) is 6.37. The SMILES string of the molecule is COCO[C@H]1C2=CCCC(C)(C)[C@H]2CC[C@@H]1C#CC=O. The highest BCUT2D eigenvalue weighted by Gasteiger charge is 2.43. The van der Waals surface area contributed by atoms with Crippen LogP contribution in [0.25, 0.3) is 0 Å². The highest BCUT2D eigenvalue weighted by atomic mass is 16.7. The minimum atomic E-state index is -0.0271. The lowest BCUT2D eigenvalue weighted by molar-refractivity contribution is -0.103. The molecule has 0 spiro atoms. The van der Waals surface area contributed by atoms with Crippen LogP contribution in [0.1, 0.15) is 39.5 Å². The first-order valence-corrected chi connectivity index (χ1v) is 7.35. The summed E-state index contributed by atoms with van der Waals surface area (Å²) in [7, 11) is 1.63. The monoisotopic (exact) mass is 276 g/mol. The fraction of sp³-hybridized carbons (Fsp3) is 0.706. The van der Waals surface area contributed by atoms with Crippen molar-refractivity contribution in [1.82, 2.24) is 0 Å². The second-order valence-corrected chi connectivity index (χ2v) is 6.37. The van der Waals surface area contributed by atoms with E-state index in [0.29, 0.717) is 17.6 Å². The molecule has 0 amide bonds. The zero-order valence-electron chi connectivity index (χ0n) is 12.6. The zero-order chi connectivity index (χ0) is 14.6. The third kappa shape index (κ3) is 3.13. The molecule has 0 radical (unpaired) electrons. The standard InChI is InChI=1S/C17H24O3/c1-17(2)10-4-7-14-15(17)9-8-13(6-5-11-18)16(14)20-12-19-3/h7,11,13,15-16H,4,8-10,12H2,1-3H3/t13-,15-,16+/m0/s1.